The van der Waals surface area contributed by atoms with Crippen LogP contribution < -0.4 is 0 Å². The molecule has 2 aromatic rings. The summed E-state index contributed by atoms with van der Waals surface area (Å²) in [4.78, 5) is 18.5. The number of carbonyl (C=O) groups is 1. The fraction of sp³-hybridized carbons (Fsp3) is 0.154. The van der Waals surface area contributed by atoms with Crippen LogP contribution in [0.25, 0.3) is 11.4 Å². The molecule has 0 saturated heterocycles. The quantitative estimate of drug-likeness (QED) is 0.677. The number of ether oxygens (including phenoxy) is 1. The van der Waals surface area contributed by atoms with Crippen molar-refractivity contribution in [3.05, 3.63) is 46.0 Å². The standard InChI is InChI=1S/C13H11FN2O2S/c1-7-10(13(17)18-2)12(19)16-11(15-7)8-5-3-4-6-9(8)14/h3-6H,1-2H3,(H,15,16,19). The zero-order valence-corrected chi connectivity index (χ0v) is 11.2. The Bertz CT molecular complexity index is 697. The molecule has 0 amide bonds. The van der Waals surface area contributed by atoms with Gasteiger partial charge in [-0.15, -0.1) is 0 Å². The Labute approximate surface area is 114 Å². The Hall–Kier alpha value is -2.08. The van der Waals surface area contributed by atoms with Crippen molar-refractivity contribution in [2.24, 2.45) is 0 Å². The van der Waals surface area contributed by atoms with Crippen LogP contribution in [0.2, 0.25) is 0 Å². The maximum absolute atomic E-state index is 13.7. The zero-order chi connectivity index (χ0) is 14.0. The molecule has 0 atom stereocenters. The molecular weight excluding hydrogens is 267 g/mol. The first kappa shape index (κ1) is 13.4. The number of aromatic nitrogens is 2. The molecule has 0 spiro atoms. The van der Waals surface area contributed by atoms with Gasteiger partial charge < -0.3 is 9.72 Å². The molecular formula is C13H11FN2O2S. The van der Waals surface area contributed by atoms with Gasteiger partial charge in [0.25, 0.3) is 0 Å². The van der Waals surface area contributed by atoms with Crippen molar-refractivity contribution >= 4 is 18.2 Å². The molecule has 6 heteroatoms. The van der Waals surface area contributed by atoms with Crippen LogP contribution in [0.4, 0.5) is 4.39 Å². The molecule has 1 aromatic carbocycles. The normalized spacial score (nSPS) is 10.3. The number of hydrogen-bond donors (Lipinski definition) is 1. The number of halogens is 1. The number of aromatic amines is 1. The summed E-state index contributed by atoms with van der Waals surface area (Å²) >= 11 is 5.06. The van der Waals surface area contributed by atoms with E-state index < -0.39 is 11.8 Å². The minimum atomic E-state index is -0.564. The molecule has 0 aliphatic rings. The van der Waals surface area contributed by atoms with Crippen LogP contribution >= 0.6 is 12.2 Å². The maximum Gasteiger partial charge on any atom is 0.342 e. The number of aryl methyl sites for hydroxylation is 1. The number of hydrogen-bond acceptors (Lipinski definition) is 4. The van der Waals surface area contributed by atoms with Crippen molar-refractivity contribution in [2.45, 2.75) is 6.92 Å². The molecule has 98 valence electrons. The van der Waals surface area contributed by atoms with Gasteiger partial charge in [0.1, 0.15) is 21.8 Å². The highest BCUT2D eigenvalue weighted by atomic mass is 32.1. The first-order valence-electron chi connectivity index (χ1n) is 5.48. The van der Waals surface area contributed by atoms with Crippen molar-refractivity contribution in [2.75, 3.05) is 7.11 Å². The predicted molar refractivity (Wildman–Crippen MR) is 70.9 cm³/mol. The van der Waals surface area contributed by atoms with Gasteiger partial charge in [-0.25, -0.2) is 14.2 Å². The smallest absolute Gasteiger partial charge is 0.342 e. The second-order valence-corrected chi connectivity index (χ2v) is 4.25. The van der Waals surface area contributed by atoms with E-state index in [4.69, 9.17) is 12.2 Å². The number of rotatable bonds is 2. The lowest BCUT2D eigenvalue weighted by Crippen LogP contribution is -2.09. The van der Waals surface area contributed by atoms with Crippen LogP contribution in [-0.2, 0) is 4.74 Å². The summed E-state index contributed by atoms with van der Waals surface area (Å²) in [5.41, 5.74) is 0.982. The number of methoxy groups -OCH3 is 1. The predicted octanol–water partition coefficient (Wildman–Crippen LogP) is 3.04. The Morgan fingerprint density at radius 3 is 2.68 bits per heavy atom. The van der Waals surface area contributed by atoms with Crippen LogP contribution in [0.1, 0.15) is 16.1 Å². The van der Waals surface area contributed by atoms with Gasteiger partial charge in [0, 0.05) is 5.69 Å². The highest BCUT2D eigenvalue weighted by molar-refractivity contribution is 7.71. The highest BCUT2D eigenvalue weighted by Crippen LogP contribution is 2.20. The lowest BCUT2D eigenvalue weighted by molar-refractivity contribution is 0.0598. The lowest BCUT2D eigenvalue weighted by Gasteiger charge is -2.08. The SMILES string of the molecule is COC(=O)c1c(C)[nH]c(-c2ccccc2F)nc1=S. The Morgan fingerprint density at radius 1 is 1.42 bits per heavy atom. The van der Waals surface area contributed by atoms with E-state index in [0.29, 0.717) is 11.3 Å². The summed E-state index contributed by atoms with van der Waals surface area (Å²) in [6.07, 6.45) is 0. The second-order valence-electron chi connectivity index (χ2n) is 3.86. The monoisotopic (exact) mass is 278 g/mol. The van der Waals surface area contributed by atoms with E-state index in [1.54, 1.807) is 25.1 Å². The molecule has 0 radical (unpaired) electrons. The van der Waals surface area contributed by atoms with Crippen LogP contribution in [0.3, 0.4) is 0 Å². The summed E-state index contributed by atoms with van der Waals surface area (Å²) in [7, 11) is 1.27. The molecule has 2 rings (SSSR count). The van der Waals surface area contributed by atoms with E-state index in [0.717, 1.165) is 0 Å². The molecule has 1 aromatic heterocycles. The molecule has 0 bridgehead atoms. The Morgan fingerprint density at radius 2 is 2.11 bits per heavy atom. The third-order valence-corrected chi connectivity index (χ3v) is 2.92. The fourth-order valence-corrected chi connectivity index (χ4v) is 2.04. The topological polar surface area (TPSA) is 55.0 Å². The fourth-order valence-electron chi connectivity index (χ4n) is 1.71. The maximum atomic E-state index is 13.7. The number of esters is 1. The highest BCUT2D eigenvalue weighted by Gasteiger charge is 2.15. The van der Waals surface area contributed by atoms with Gasteiger partial charge in [0.15, 0.2) is 0 Å². The van der Waals surface area contributed by atoms with Crippen molar-refractivity contribution in [3.8, 4) is 11.4 Å². The molecule has 1 heterocycles. The van der Waals surface area contributed by atoms with E-state index in [2.05, 4.69) is 14.7 Å². The molecule has 0 unspecified atom stereocenters. The van der Waals surface area contributed by atoms with Crippen molar-refractivity contribution < 1.29 is 13.9 Å². The average Bonchev–Trinajstić information content (AvgIpc) is 2.38. The van der Waals surface area contributed by atoms with Gasteiger partial charge in [-0.3, -0.25) is 0 Å². The summed E-state index contributed by atoms with van der Waals surface area (Å²) < 4.78 is 18.4. The molecule has 0 aliphatic carbocycles. The lowest BCUT2D eigenvalue weighted by atomic mass is 10.2. The molecule has 1 N–H and O–H groups in total. The first-order valence-corrected chi connectivity index (χ1v) is 5.89. The van der Waals surface area contributed by atoms with Crippen LogP contribution in [0.5, 0.6) is 0 Å². The van der Waals surface area contributed by atoms with Gasteiger partial charge in [-0.2, -0.15) is 0 Å². The molecule has 4 nitrogen and oxygen atoms in total. The van der Waals surface area contributed by atoms with Crippen molar-refractivity contribution in [1.29, 1.82) is 0 Å². The van der Waals surface area contributed by atoms with E-state index >= 15 is 0 Å². The zero-order valence-electron chi connectivity index (χ0n) is 10.4. The number of nitrogens with one attached hydrogen (secondary N) is 1. The van der Waals surface area contributed by atoms with E-state index in [9.17, 15) is 9.18 Å². The van der Waals surface area contributed by atoms with Gasteiger partial charge >= 0.3 is 5.97 Å². The summed E-state index contributed by atoms with van der Waals surface area (Å²) in [6.45, 7) is 1.66. The van der Waals surface area contributed by atoms with Crippen molar-refractivity contribution in [3.63, 3.8) is 0 Å². The Balaban J connectivity index is 2.62. The minimum Gasteiger partial charge on any atom is -0.465 e. The average molecular weight is 278 g/mol. The summed E-state index contributed by atoms with van der Waals surface area (Å²) in [5, 5.41) is 0. The molecule has 19 heavy (non-hydrogen) atoms. The van der Waals surface area contributed by atoms with Crippen LogP contribution in [0.15, 0.2) is 24.3 Å². The Kier molecular flexibility index (Phi) is 3.71. The third-order valence-electron chi connectivity index (χ3n) is 2.63. The largest absolute Gasteiger partial charge is 0.465 e. The van der Waals surface area contributed by atoms with Gasteiger partial charge in [0.05, 0.1) is 12.7 Å². The first-order chi connectivity index (χ1) is 9.04. The van der Waals surface area contributed by atoms with Crippen molar-refractivity contribution in [1.82, 2.24) is 9.97 Å². The number of benzene rings is 1. The van der Waals surface area contributed by atoms with E-state index in [1.807, 2.05) is 0 Å². The van der Waals surface area contributed by atoms with E-state index in [-0.39, 0.29) is 16.0 Å². The minimum absolute atomic E-state index is 0.0846. The second kappa shape index (κ2) is 5.27. The summed E-state index contributed by atoms with van der Waals surface area (Å²) in [5.74, 6) is -0.689. The van der Waals surface area contributed by atoms with Crippen LogP contribution in [0, 0.1) is 17.4 Å². The molecule has 0 saturated carbocycles. The van der Waals surface area contributed by atoms with E-state index in [1.165, 1.54) is 13.2 Å². The third kappa shape index (κ3) is 2.53. The number of H-pyrrole nitrogens is 1. The van der Waals surface area contributed by atoms with Gasteiger partial charge in [0.2, 0.25) is 0 Å². The number of carbonyl (C=O) groups excluding carboxylic acids is 1. The summed E-state index contributed by atoms with van der Waals surface area (Å²) in [6, 6.07) is 6.20. The number of nitrogens with zero attached hydrogens (tertiary/aromatic N) is 1. The molecule has 0 aliphatic heterocycles. The van der Waals surface area contributed by atoms with Gasteiger partial charge in [-0.1, -0.05) is 24.4 Å². The van der Waals surface area contributed by atoms with Crippen LogP contribution in [-0.4, -0.2) is 23.0 Å². The van der Waals surface area contributed by atoms with Gasteiger partial charge in [-0.05, 0) is 19.1 Å². The molecule has 0 fully saturated rings.